The number of thiazole rings is 1. The number of nitrogens with zero attached hydrogens (tertiary/aromatic N) is 1. The van der Waals surface area contributed by atoms with Gasteiger partial charge in [-0.1, -0.05) is 42.5 Å². The van der Waals surface area contributed by atoms with Gasteiger partial charge in [0.1, 0.15) is 0 Å². The fraction of sp³-hybridized carbons (Fsp3) is 0.333. The first kappa shape index (κ1) is 18.4. The molecule has 136 valence electrons. The van der Waals surface area contributed by atoms with Gasteiger partial charge in [0.2, 0.25) is 5.91 Å². The lowest BCUT2D eigenvalue weighted by molar-refractivity contribution is -0.116. The van der Waals surface area contributed by atoms with Crippen LogP contribution in [-0.2, 0) is 17.6 Å². The van der Waals surface area contributed by atoms with Crippen molar-refractivity contribution in [1.29, 1.82) is 0 Å². The average molecular weight is 369 g/mol. The number of benzene rings is 2. The second-order valence-corrected chi connectivity index (χ2v) is 7.73. The van der Waals surface area contributed by atoms with Gasteiger partial charge in [0.15, 0.2) is 0 Å². The Morgan fingerprint density at radius 2 is 1.81 bits per heavy atom. The zero-order valence-corrected chi connectivity index (χ0v) is 16.2. The minimum absolute atomic E-state index is 0.0143. The first-order chi connectivity index (χ1) is 12.5. The minimum atomic E-state index is -0.0143. The van der Waals surface area contributed by atoms with E-state index >= 15 is 0 Å². The molecule has 1 N–H and O–H groups in total. The Hall–Kier alpha value is -2.40. The lowest BCUT2D eigenvalue weighted by Crippen LogP contribution is -2.14. The highest BCUT2D eigenvalue weighted by Gasteiger charge is 2.11. The van der Waals surface area contributed by atoms with Crippen molar-refractivity contribution in [2.45, 2.75) is 46.1 Å². The Morgan fingerprint density at radius 3 is 2.46 bits per heavy atom. The summed E-state index contributed by atoms with van der Waals surface area (Å²) < 4.78 is 2.68. The molecule has 0 aliphatic rings. The van der Waals surface area contributed by atoms with Gasteiger partial charge in [0.05, 0.1) is 10.2 Å². The molecule has 0 bridgehead atoms. The van der Waals surface area contributed by atoms with Crippen molar-refractivity contribution in [3.63, 3.8) is 0 Å². The van der Waals surface area contributed by atoms with E-state index < -0.39 is 0 Å². The van der Waals surface area contributed by atoms with Gasteiger partial charge in [-0.05, 0) is 56.0 Å². The maximum atomic E-state index is 12.3. The predicted molar refractivity (Wildman–Crippen MR) is 109 cm³/mol. The molecule has 0 fully saturated rings. The number of hydrogen-bond donors (Lipinski definition) is 1. The summed E-state index contributed by atoms with van der Waals surface area (Å²) in [5.74, 6) is -0.0143. The molecular weight excluding hydrogens is 344 g/mol. The lowest BCUT2D eigenvalue weighted by atomic mass is 10.1. The van der Waals surface area contributed by atoms with Crippen LogP contribution in [-0.4, -0.2) is 10.5 Å². The third-order valence-electron chi connectivity index (χ3n) is 4.49. The SMILES string of the molecule is CCc1ccc(CCC(=O)Nc2ccc3c(c2)sc(=O)n3C(C)C)cc1. The van der Waals surface area contributed by atoms with Crippen LogP contribution in [0.15, 0.2) is 47.3 Å². The first-order valence-corrected chi connectivity index (χ1v) is 9.82. The normalized spacial score (nSPS) is 11.2. The highest BCUT2D eigenvalue weighted by Crippen LogP contribution is 2.24. The number of aryl methyl sites for hydroxylation is 2. The zero-order chi connectivity index (χ0) is 18.7. The van der Waals surface area contributed by atoms with E-state index in [9.17, 15) is 9.59 Å². The van der Waals surface area contributed by atoms with Crippen molar-refractivity contribution in [3.05, 3.63) is 63.3 Å². The molecular formula is C21H24N2O2S. The summed E-state index contributed by atoms with van der Waals surface area (Å²) in [6.45, 7) is 6.12. The number of anilines is 1. The van der Waals surface area contributed by atoms with Crippen LogP contribution in [0.4, 0.5) is 5.69 Å². The molecule has 0 radical (unpaired) electrons. The molecule has 0 saturated carbocycles. The first-order valence-electron chi connectivity index (χ1n) is 9.00. The number of carbonyl (C=O) groups excluding carboxylic acids is 1. The molecule has 5 heteroatoms. The van der Waals surface area contributed by atoms with Crippen LogP contribution >= 0.6 is 11.3 Å². The van der Waals surface area contributed by atoms with Crippen LogP contribution in [0.3, 0.4) is 0 Å². The summed E-state index contributed by atoms with van der Waals surface area (Å²) in [6.07, 6.45) is 2.18. The fourth-order valence-electron chi connectivity index (χ4n) is 3.03. The summed E-state index contributed by atoms with van der Waals surface area (Å²) in [5, 5.41) is 2.94. The standard InChI is InChI=1S/C21H24N2O2S/c1-4-15-5-7-16(8-6-15)9-12-20(24)22-17-10-11-18-19(13-17)26-21(25)23(18)14(2)3/h5-8,10-11,13-14H,4,9,12H2,1-3H3,(H,22,24). The van der Waals surface area contributed by atoms with Crippen LogP contribution in [0.5, 0.6) is 0 Å². The molecule has 4 nitrogen and oxygen atoms in total. The Balaban J connectivity index is 1.66. The fourth-order valence-corrected chi connectivity index (χ4v) is 4.08. The molecule has 0 aliphatic heterocycles. The van der Waals surface area contributed by atoms with Crippen molar-refractivity contribution in [2.75, 3.05) is 5.32 Å². The number of aromatic nitrogens is 1. The summed E-state index contributed by atoms with van der Waals surface area (Å²) in [4.78, 5) is 24.4. The predicted octanol–water partition coefficient (Wildman–Crippen LogP) is 4.78. The molecule has 1 heterocycles. The summed E-state index contributed by atoms with van der Waals surface area (Å²) >= 11 is 1.22. The lowest BCUT2D eigenvalue weighted by Gasteiger charge is -2.09. The number of nitrogens with one attached hydrogen (secondary N) is 1. The second kappa shape index (κ2) is 7.87. The summed E-state index contributed by atoms with van der Waals surface area (Å²) in [5.41, 5.74) is 4.13. The molecule has 0 spiro atoms. The number of hydrogen-bond acceptors (Lipinski definition) is 3. The number of rotatable bonds is 6. The largest absolute Gasteiger partial charge is 0.326 e. The van der Waals surface area contributed by atoms with Crippen molar-refractivity contribution in [2.24, 2.45) is 0 Å². The molecule has 0 saturated heterocycles. The van der Waals surface area contributed by atoms with E-state index in [1.54, 1.807) is 4.57 Å². The molecule has 1 aromatic heterocycles. The highest BCUT2D eigenvalue weighted by molar-refractivity contribution is 7.16. The second-order valence-electron chi connectivity index (χ2n) is 6.73. The van der Waals surface area contributed by atoms with E-state index in [2.05, 4.69) is 36.5 Å². The van der Waals surface area contributed by atoms with Gasteiger partial charge < -0.3 is 5.32 Å². The number of fused-ring (bicyclic) bond motifs is 1. The summed E-state index contributed by atoms with van der Waals surface area (Å²) in [6, 6.07) is 14.2. The van der Waals surface area contributed by atoms with Crippen LogP contribution in [0.25, 0.3) is 10.2 Å². The third kappa shape index (κ3) is 4.05. The molecule has 0 unspecified atom stereocenters. The van der Waals surface area contributed by atoms with Crippen molar-refractivity contribution >= 4 is 33.1 Å². The van der Waals surface area contributed by atoms with Crippen LogP contribution < -0.4 is 10.2 Å². The third-order valence-corrected chi connectivity index (χ3v) is 5.40. The van der Waals surface area contributed by atoms with Gasteiger partial charge in [0, 0.05) is 18.2 Å². The van der Waals surface area contributed by atoms with Crippen LogP contribution in [0.2, 0.25) is 0 Å². The Labute approximate surface area is 157 Å². The smallest absolute Gasteiger partial charge is 0.308 e. The Morgan fingerprint density at radius 1 is 1.12 bits per heavy atom. The topological polar surface area (TPSA) is 51.1 Å². The van der Waals surface area contributed by atoms with Crippen molar-refractivity contribution < 1.29 is 4.79 Å². The zero-order valence-electron chi connectivity index (χ0n) is 15.4. The Kier molecular flexibility index (Phi) is 5.57. The monoisotopic (exact) mass is 368 g/mol. The molecule has 2 aromatic carbocycles. The quantitative estimate of drug-likeness (QED) is 0.681. The molecule has 26 heavy (non-hydrogen) atoms. The van der Waals surface area contributed by atoms with E-state index in [1.165, 1.54) is 22.5 Å². The van der Waals surface area contributed by atoms with Gasteiger partial charge in [-0.3, -0.25) is 14.2 Å². The number of amides is 1. The van der Waals surface area contributed by atoms with Gasteiger partial charge in [-0.15, -0.1) is 0 Å². The van der Waals surface area contributed by atoms with E-state index in [-0.39, 0.29) is 16.8 Å². The van der Waals surface area contributed by atoms with Gasteiger partial charge in [-0.2, -0.15) is 0 Å². The van der Waals surface area contributed by atoms with Crippen LogP contribution in [0, 0.1) is 0 Å². The molecule has 1 amide bonds. The van der Waals surface area contributed by atoms with E-state index in [1.807, 2.05) is 32.0 Å². The van der Waals surface area contributed by atoms with Crippen molar-refractivity contribution in [1.82, 2.24) is 4.57 Å². The van der Waals surface area contributed by atoms with E-state index in [0.29, 0.717) is 6.42 Å². The molecule has 0 atom stereocenters. The van der Waals surface area contributed by atoms with E-state index in [4.69, 9.17) is 0 Å². The maximum Gasteiger partial charge on any atom is 0.308 e. The van der Waals surface area contributed by atoms with Gasteiger partial charge in [-0.25, -0.2) is 0 Å². The minimum Gasteiger partial charge on any atom is -0.326 e. The number of carbonyl (C=O) groups is 1. The van der Waals surface area contributed by atoms with Crippen LogP contribution in [0.1, 0.15) is 44.4 Å². The Bertz CT molecular complexity index is 968. The van der Waals surface area contributed by atoms with Crippen molar-refractivity contribution in [3.8, 4) is 0 Å². The summed E-state index contributed by atoms with van der Waals surface area (Å²) in [7, 11) is 0. The molecule has 3 rings (SSSR count). The van der Waals surface area contributed by atoms with Gasteiger partial charge in [0.25, 0.3) is 0 Å². The maximum absolute atomic E-state index is 12.3. The average Bonchev–Trinajstić information content (AvgIpc) is 2.95. The molecule has 0 aliphatic carbocycles. The highest BCUT2D eigenvalue weighted by atomic mass is 32.1. The van der Waals surface area contributed by atoms with Gasteiger partial charge >= 0.3 is 4.87 Å². The molecule has 3 aromatic rings. The van der Waals surface area contributed by atoms with E-state index in [0.717, 1.165) is 28.7 Å².